The van der Waals surface area contributed by atoms with Crippen molar-refractivity contribution in [2.45, 2.75) is 103 Å². The number of carbonyl (C=O) groups excluding carboxylic acids is 3. The van der Waals surface area contributed by atoms with E-state index >= 15 is 0 Å². The molecule has 2 aromatic heterocycles. The van der Waals surface area contributed by atoms with Crippen molar-refractivity contribution in [1.29, 1.82) is 0 Å². The predicted molar refractivity (Wildman–Crippen MR) is 197 cm³/mol. The number of hydrogen-bond donors (Lipinski definition) is 1. The molecular weight excluding hydrogens is 770 g/mol. The minimum absolute atomic E-state index is 0.00417. The molecule has 3 unspecified atom stereocenters. The number of benzene rings is 2. The zero-order chi connectivity index (χ0) is 40.5. The van der Waals surface area contributed by atoms with E-state index in [2.05, 4.69) is 30.4 Å². The number of aromatic nitrogens is 6. The van der Waals surface area contributed by atoms with Crippen LogP contribution in [0.1, 0.15) is 74.8 Å². The van der Waals surface area contributed by atoms with Crippen molar-refractivity contribution in [3.8, 4) is 22.5 Å². The van der Waals surface area contributed by atoms with E-state index in [4.69, 9.17) is 40.0 Å². The van der Waals surface area contributed by atoms with Crippen LogP contribution in [-0.2, 0) is 51.0 Å². The van der Waals surface area contributed by atoms with Crippen LogP contribution in [-0.4, -0.2) is 103 Å². The Kier molecular flexibility index (Phi) is 13.7. The Hall–Kier alpha value is -5.66. The van der Waals surface area contributed by atoms with Gasteiger partial charge in [0, 0.05) is 31.9 Å². The normalized spacial score (nSPS) is 19.6. The first-order valence-electron chi connectivity index (χ1n) is 18.5. The van der Waals surface area contributed by atoms with Gasteiger partial charge in [0.15, 0.2) is 23.1 Å². The Labute approximate surface area is 331 Å². The number of halogens is 1. The summed E-state index contributed by atoms with van der Waals surface area (Å²) in [5.41, 5.74) is 3.53. The lowest BCUT2D eigenvalue weighted by atomic mass is 9.98. The predicted octanol–water partition coefficient (Wildman–Crippen LogP) is 5.28. The third kappa shape index (κ3) is 10.4. The van der Waals surface area contributed by atoms with Gasteiger partial charge in [-0.2, -0.15) is 5.21 Å². The topological polar surface area (TPSA) is 231 Å². The van der Waals surface area contributed by atoms with Gasteiger partial charge in [-0.1, -0.05) is 73.5 Å². The Bertz CT molecular complexity index is 2010. The van der Waals surface area contributed by atoms with E-state index < -0.39 is 60.0 Å². The molecular formula is C37H42ClN7O12. The monoisotopic (exact) mass is 811 g/mol. The molecule has 6 rings (SSSR count). The van der Waals surface area contributed by atoms with Crippen molar-refractivity contribution < 1.29 is 52.7 Å². The van der Waals surface area contributed by atoms with Gasteiger partial charge in [-0.15, -0.1) is 20.3 Å². The van der Waals surface area contributed by atoms with Crippen LogP contribution in [0.2, 0.25) is 5.15 Å². The van der Waals surface area contributed by atoms with Gasteiger partial charge >= 0.3 is 18.1 Å². The number of nitrogens with one attached hydrogen (secondary N) is 1. The molecule has 4 heterocycles. The first kappa shape index (κ1) is 41.0. The van der Waals surface area contributed by atoms with Gasteiger partial charge in [-0.3, -0.25) is 4.79 Å². The van der Waals surface area contributed by atoms with E-state index in [1.165, 1.54) is 13.8 Å². The third-order valence-corrected chi connectivity index (χ3v) is 9.62. The molecule has 2 aliphatic heterocycles. The van der Waals surface area contributed by atoms with Crippen molar-refractivity contribution in [1.82, 2.24) is 30.2 Å². The summed E-state index contributed by atoms with van der Waals surface area (Å²) in [6, 6.07) is 15.5. The van der Waals surface area contributed by atoms with Crippen molar-refractivity contribution in [2.75, 3.05) is 13.2 Å². The highest BCUT2D eigenvalue weighted by molar-refractivity contribution is 6.32. The van der Waals surface area contributed by atoms with Crippen LogP contribution in [0.15, 0.2) is 48.5 Å². The van der Waals surface area contributed by atoms with E-state index in [-0.39, 0.29) is 37.0 Å². The molecule has 4 aromatic rings. The number of carbonyl (C=O) groups is 3. The van der Waals surface area contributed by atoms with Crippen molar-refractivity contribution in [3.63, 3.8) is 0 Å². The number of nitrogens with zero attached hydrogens (tertiary/aromatic N) is 6. The average Bonchev–Trinajstić information content (AvgIpc) is 3.98. The molecule has 2 fully saturated rings. The van der Waals surface area contributed by atoms with Crippen molar-refractivity contribution >= 4 is 29.7 Å². The molecule has 0 aliphatic carbocycles. The van der Waals surface area contributed by atoms with Gasteiger partial charge in [-0.25, -0.2) is 14.6 Å². The number of unbranched alkanes of at least 4 members (excludes halogenated alkanes) is 1. The highest BCUT2D eigenvalue weighted by Crippen LogP contribution is 2.32. The highest BCUT2D eigenvalue weighted by atomic mass is 35.5. The maximum Gasteiger partial charge on any atom is 0.511 e. The van der Waals surface area contributed by atoms with Crippen LogP contribution in [0.5, 0.6) is 0 Å². The first-order valence-corrected chi connectivity index (χ1v) is 18.9. The van der Waals surface area contributed by atoms with E-state index in [9.17, 15) is 24.5 Å². The lowest BCUT2D eigenvalue weighted by Gasteiger charge is -2.19. The number of fused-ring (bicyclic) bond motifs is 1. The maximum atomic E-state index is 13.6. The second-order valence-corrected chi connectivity index (χ2v) is 13.8. The molecule has 0 saturated carbocycles. The second kappa shape index (κ2) is 19.0. The molecule has 2 aliphatic rings. The van der Waals surface area contributed by atoms with Crippen LogP contribution in [0, 0.1) is 10.1 Å². The molecule has 304 valence electrons. The lowest BCUT2D eigenvalue weighted by molar-refractivity contribution is -0.767. The van der Waals surface area contributed by atoms with Gasteiger partial charge in [0.05, 0.1) is 13.2 Å². The number of hydrogen-bond acceptors (Lipinski definition) is 16. The van der Waals surface area contributed by atoms with Crippen LogP contribution in [0.25, 0.3) is 22.5 Å². The summed E-state index contributed by atoms with van der Waals surface area (Å²) in [6.45, 7) is 5.15. The zero-order valence-electron chi connectivity index (χ0n) is 31.4. The Morgan fingerprint density at radius 3 is 2.37 bits per heavy atom. The summed E-state index contributed by atoms with van der Waals surface area (Å²) in [6.07, 6.45) is -3.33. The molecule has 0 amide bonds. The number of aromatic amines is 1. The van der Waals surface area contributed by atoms with Gasteiger partial charge in [0.25, 0.3) is 5.09 Å². The maximum absolute atomic E-state index is 13.6. The zero-order valence-corrected chi connectivity index (χ0v) is 32.2. The Balaban J connectivity index is 1.03. The lowest BCUT2D eigenvalue weighted by Crippen LogP contribution is -2.36. The smallest absolute Gasteiger partial charge is 0.457 e. The summed E-state index contributed by atoms with van der Waals surface area (Å²) < 4.78 is 34.8. The standard InChI is InChI=1S/C37H42ClN7O12/c1-4-5-12-29-39-34(38)31(44(29)18-23-14-16-24(17-15-23)25-10-6-7-11-26(25)35-40-42-43-41-35)36(47)53-22(3)54-37(48)56-28-20-52-32-27(19-51-33(28)32)55-30(46)13-8-9-21(2)57-45(49)50/h6-7,10-11,14-17,21-22,27-28,32-33H,4-5,8-9,12-13,18-20H2,1-3H3,(H,40,41,42,43)/t21-,22?,27+,28+,32?,33?/m1/s1. The fraction of sp³-hybridized carbons (Fsp3) is 0.486. The molecule has 2 aromatic carbocycles. The van der Waals surface area contributed by atoms with E-state index in [0.717, 1.165) is 35.1 Å². The summed E-state index contributed by atoms with van der Waals surface area (Å²) in [5, 5.41) is 23.9. The minimum Gasteiger partial charge on any atom is -0.457 e. The number of imidazole rings is 1. The molecule has 0 bridgehead atoms. The minimum atomic E-state index is -1.38. The number of esters is 2. The molecule has 1 N–H and O–H groups in total. The largest absolute Gasteiger partial charge is 0.511 e. The van der Waals surface area contributed by atoms with E-state index in [0.29, 0.717) is 30.9 Å². The molecule has 6 atom stereocenters. The summed E-state index contributed by atoms with van der Waals surface area (Å²) in [5.74, 6) is -0.312. The van der Waals surface area contributed by atoms with Crippen molar-refractivity contribution in [2.24, 2.45) is 0 Å². The van der Waals surface area contributed by atoms with E-state index in [1.807, 2.05) is 55.5 Å². The summed E-state index contributed by atoms with van der Waals surface area (Å²) in [4.78, 5) is 58.1. The highest BCUT2D eigenvalue weighted by Gasteiger charge is 2.51. The van der Waals surface area contributed by atoms with Crippen molar-refractivity contribution in [3.05, 3.63) is 80.9 Å². The number of tetrazole rings is 1. The summed E-state index contributed by atoms with van der Waals surface area (Å²) in [7, 11) is 0. The molecule has 0 radical (unpaired) electrons. The quantitative estimate of drug-likeness (QED) is 0.0443. The first-order chi connectivity index (χ1) is 27.5. The number of rotatable bonds is 18. The van der Waals surface area contributed by atoms with Crippen LogP contribution < -0.4 is 0 Å². The number of ether oxygens (including phenoxy) is 6. The van der Waals surface area contributed by atoms with Gasteiger partial charge in [-0.05, 0) is 48.1 Å². The van der Waals surface area contributed by atoms with Crippen LogP contribution >= 0.6 is 11.6 Å². The van der Waals surface area contributed by atoms with E-state index in [1.54, 1.807) is 4.57 Å². The molecule has 2 saturated heterocycles. The van der Waals surface area contributed by atoms with Crippen LogP contribution in [0.4, 0.5) is 4.79 Å². The van der Waals surface area contributed by atoms with Gasteiger partial charge in [0.1, 0.15) is 24.1 Å². The molecule has 0 spiro atoms. The molecule has 19 nitrogen and oxygen atoms in total. The average molecular weight is 812 g/mol. The number of aryl methyl sites for hydroxylation is 1. The Morgan fingerprint density at radius 2 is 1.70 bits per heavy atom. The SMILES string of the molecule is CCCCc1nc(Cl)c(C(=O)OC(C)OC(=O)O[C@H]2COC3C2OC[C@@H]3OC(=O)CCC[C@@H](C)O[N+](=O)[O-])n1Cc1ccc(-c2ccccc2-c2nn[nH]n2)cc1. The van der Waals surface area contributed by atoms with Crippen LogP contribution in [0.3, 0.4) is 0 Å². The molecule has 20 heteroatoms. The molecule has 57 heavy (non-hydrogen) atoms. The number of H-pyrrole nitrogens is 1. The Morgan fingerprint density at radius 1 is 1.00 bits per heavy atom. The third-order valence-electron chi connectivity index (χ3n) is 9.36. The summed E-state index contributed by atoms with van der Waals surface area (Å²) >= 11 is 6.54. The second-order valence-electron chi connectivity index (χ2n) is 13.5. The fourth-order valence-electron chi connectivity index (χ4n) is 6.65. The van der Waals surface area contributed by atoms with Gasteiger partial charge < -0.3 is 37.8 Å². The van der Waals surface area contributed by atoms with Gasteiger partial charge in [0.2, 0.25) is 12.1 Å². The fourth-order valence-corrected chi connectivity index (χ4v) is 6.92.